The van der Waals surface area contributed by atoms with E-state index in [1.807, 2.05) is 0 Å². The summed E-state index contributed by atoms with van der Waals surface area (Å²) < 4.78 is 25.0. The van der Waals surface area contributed by atoms with Crippen LogP contribution < -0.4 is 0 Å². The molecule has 3 atom stereocenters. The predicted molar refractivity (Wildman–Crippen MR) is 132 cm³/mol. The van der Waals surface area contributed by atoms with E-state index in [9.17, 15) is 43.8 Å². The Kier molecular flexibility index (Phi) is 12.7. The van der Waals surface area contributed by atoms with Crippen molar-refractivity contribution in [2.75, 3.05) is 13.2 Å². The molecule has 0 spiro atoms. The van der Waals surface area contributed by atoms with Gasteiger partial charge in [0.25, 0.3) is 0 Å². The molecule has 1 aromatic carbocycles. The van der Waals surface area contributed by atoms with Gasteiger partial charge in [-0.3, -0.25) is 0 Å². The zero-order chi connectivity index (χ0) is 30.6. The van der Waals surface area contributed by atoms with Gasteiger partial charge in [0.05, 0.1) is 23.3 Å². The summed E-state index contributed by atoms with van der Waals surface area (Å²) in [5.41, 5.74) is -2.11. The molecular weight excluding hydrogens is 536 g/mol. The lowest BCUT2D eigenvalue weighted by Gasteiger charge is -2.25. The number of rotatable bonds is 15. The molecule has 0 fully saturated rings. The van der Waals surface area contributed by atoms with Gasteiger partial charge in [-0.15, -0.1) is 0 Å². The van der Waals surface area contributed by atoms with Gasteiger partial charge in [-0.05, 0) is 38.5 Å². The first-order valence-electron chi connectivity index (χ1n) is 11.6. The number of carboxylic acids is 2. The van der Waals surface area contributed by atoms with E-state index < -0.39 is 83.4 Å². The Bertz CT molecular complexity index is 1200. The van der Waals surface area contributed by atoms with Crippen LogP contribution in [-0.4, -0.2) is 83.5 Å². The minimum atomic E-state index is -2.26. The van der Waals surface area contributed by atoms with Gasteiger partial charge in [-0.25, -0.2) is 33.6 Å². The van der Waals surface area contributed by atoms with Crippen molar-refractivity contribution in [3.05, 3.63) is 59.7 Å². The minimum Gasteiger partial charge on any atom is -0.478 e. The first-order valence-corrected chi connectivity index (χ1v) is 11.6. The molecule has 2 N–H and O–H groups in total. The maximum absolute atomic E-state index is 12.9. The molecule has 40 heavy (non-hydrogen) atoms. The quantitative estimate of drug-likeness (QED) is 0.177. The Balaban J connectivity index is 3.42. The largest absolute Gasteiger partial charge is 0.478 e. The third-order valence-corrected chi connectivity index (χ3v) is 4.66. The molecule has 1 aromatic rings. The van der Waals surface area contributed by atoms with Gasteiger partial charge >= 0.3 is 41.8 Å². The lowest BCUT2D eigenvalue weighted by molar-refractivity contribution is -0.184. The molecule has 0 heterocycles. The van der Waals surface area contributed by atoms with Crippen molar-refractivity contribution in [3.8, 4) is 0 Å². The fourth-order valence-corrected chi connectivity index (χ4v) is 2.75. The molecule has 14 heteroatoms. The van der Waals surface area contributed by atoms with E-state index in [2.05, 4.69) is 13.2 Å². The summed E-state index contributed by atoms with van der Waals surface area (Å²) in [7, 11) is 0. The first kappa shape index (κ1) is 33.0. The monoisotopic (exact) mass is 564 g/mol. The zero-order valence-corrected chi connectivity index (χ0v) is 21.9. The van der Waals surface area contributed by atoms with E-state index >= 15 is 0 Å². The fourth-order valence-electron chi connectivity index (χ4n) is 2.75. The van der Waals surface area contributed by atoms with Crippen LogP contribution in [0.4, 0.5) is 0 Å². The second-order valence-electron chi connectivity index (χ2n) is 8.05. The zero-order valence-electron chi connectivity index (χ0n) is 21.9. The van der Waals surface area contributed by atoms with Crippen LogP contribution in [-0.2, 0) is 42.9 Å². The Morgan fingerprint density at radius 3 is 2.00 bits per heavy atom. The van der Waals surface area contributed by atoms with Crippen molar-refractivity contribution >= 4 is 41.8 Å². The molecule has 0 amide bonds. The van der Waals surface area contributed by atoms with E-state index in [-0.39, 0.29) is 12.2 Å². The van der Waals surface area contributed by atoms with Gasteiger partial charge in [-0.2, -0.15) is 0 Å². The van der Waals surface area contributed by atoms with Crippen molar-refractivity contribution in [1.82, 2.24) is 0 Å². The number of carbonyl (C=O) groups excluding carboxylic acids is 5. The Morgan fingerprint density at radius 2 is 1.48 bits per heavy atom. The van der Waals surface area contributed by atoms with Crippen LogP contribution in [0.3, 0.4) is 0 Å². The molecule has 0 aliphatic rings. The number of carboxylic acid groups (broad SMARTS) is 2. The summed E-state index contributed by atoms with van der Waals surface area (Å²) in [6.07, 6.45) is -4.31. The van der Waals surface area contributed by atoms with Gasteiger partial charge in [0, 0.05) is 11.6 Å². The summed E-state index contributed by atoms with van der Waals surface area (Å²) >= 11 is 0. The molecule has 1 rings (SSSR count). The summed E-state index contributed by atoms with van der Waals surface area (Å²) in [5.74, 6) is -9.35. The minimum absolute atomic E-state index is 0.186. The molecule has 0 radical (unpaired) electrons. The molecule has 0 aromatic heterocycles. The third kappa shape index (κ3) is 9.70. The van der Waals surface area contributed by atoms with Crippen LogP contribution in [0.15, 0.2) is 43.0 Å². The average Bonchev–Trinajstić information content (AvgIpc) is 2.91. The molecule has 0 saturated heterocycles. The van der Waals surface area contributed by atoms with E-state index in [1.165, 1.54) is 13.8 Å². The second kappa shape index (κ2) is 15.4. The van der Waals surface area contributed by atoms with Gasteiger partial charge < -0.3 is 33.9 Å². The van der Waals surface area contributed by atoms with Crippen LogP contribution in [0, 0.1) is 0 Å². The molecule has 0 bridgehead atoms. The summed E-state index contributed by atoms with van der Waals surface area (Å²) in [6, 6.07) is 2.42. The summed E-state index contributed by atoms with van der Waals surface area (Å²) in [6.45, 7) is 10.1. The third-order valence-electron chi connectivity index (χ3n) is 4.66. The van der Waals surface area contributed by atoms with Crippen molar-refractivity contribution < 1.29 is 67.5 Å². The van der Waals surface area contributed by atoms with E-state index in [0.717, 1.165) is 18.2 Å². The highest BCUT2D eigenvalue weighted by atomic mass is 16.6. The van der Waals surface area contributed by atoms with Crippen LogP contribution in [0.2, 0.25) is 0 Å². The average molecular weight is 564 g/mol. The maximum Gasteiger partial charge on any atom is 0.352 e. The van der Waals surface area contributed by atoms with Crippen molar-refractivity contribution in [3.63, 3.8) is 0 Å². The van der Waals surface area contributed by atoms with Crippen LogP contribution in [0.5, 0.6) is 0 Å². The Hall–Kier alpha value is -5.01. The molecule has 216 valence electrons. The van der Waals surface area contributed by atoms with Gasteiger partial charge in [-0.1, -0.05) is 20.1 Å². The van der Waals surface area contributed by atoms with Crippen molar-refractivity contribution in [2.45, 2.75) is 45.5 Å². The lowest BCUT2D eigenvalue weighted by atomic mass is 10.0. The summed E-state index contributed by atoms with van der Waals surface area (Å²) in [5, 5.41) is 18.5. The number of aromatic carboxylic acids is 2. The van der Waals surface area contributed by atoms with Crippen molar-refractivity contribution in [2.24, 2.45) is 0 Å². The molecule has 14 nitrogen and oxygen atoms in total. The smallest absolute Gasteiger partial charge is 0.352 e. The molecule has 3 unspecified atom stereocenters. The molecule has 0 saturated carbocycles. The van der Waals surface area contributed by atoms with Crippen LogP contribution >= 0.6 is 0 Å². The number of ether oxygens (including phenoxy) is 5. The highest BCUT2D eigenvalue weighted by molar-refractivity contribution is 6.04. The number of hydrogen-bond acceptors (Lipinski definition) is 12. The normalized spacial score (nSPS) is 12.5. The van der Waals surface area contributed by atoms with E-state index in [1.54, 1.807) is 6.92 Å². The standard InChI is InChI=1S/C26H28O14/c1-6-10-36-25(34)19(40-24(33)15-8-9-16(21(28)29)17(11-15)22(30)31)20(39-23(32)13(3)4)26(35)37-12-14(5)38-18(27)7-2/h7-9,11,14,19-20H,2-3,6,10,12H2,1,4-5H3,(H,28,29)(H,30,31). The Labute approximate surface area is 228 Å². The Morgan fingerprint density at radius 1 is 0.900 bits per heavy atom. The van der Waals surface area contributed by atoms with Gasteiger partial charge in [0.1, 0.15) is 12.7 Å². The molecule has 0 aliphatic carbocycles. The number of benzene rings is 1. The van der Waals surface area contributed by atoms with E-state index in [4.69, 9.17) is 23.7 Å². The highest BCUT2D eigenvalue weighted by Gasteiger charge is 2.43. The summed E-state index contributed by atoms with van der Waals surface area (Å²) in [4.78, 5) is 85.1. The number of hydrogen-bond donors (Lipinski definition) is 2. The fraction of sp³-hybridized carbons (Fsp3) is 0.346. The van der Waals surface area contributed by atoms with Crippen molar-refractivity contribution in [1.29, 1.82) is 0 Å². The first-order chi connectivity index (χ1) is 18.7. The maximum atomic E-state index is 12.9. The topological polar surface area (TPSA) is 206 Å². The SMILES string of the molecule is C=CC(=O)OC(C)COC(=O)C(OC(=O)C(=C)C)C(OC(=O)c1ccc(C(=O)O)c(C(=O)O)c1)C(=O)OCCC. The van der Waals surface area contributed by atoms with E-state index in [0.29, 0.717) is 12.5 Å². The predicted octanol–water partition coefficient (Wildman–Crippen LogP) is 1.71. The van der Waals surface area contributed by atoms with Gasteiger partial charge in [0.2, 0.25) is 12.2 Å². The molecule has 0 aliphatic heterocycles. The number of esters is 5. The van der Waals surface area contributed by atoms with Crippen LogP contribution in [0.1, 0.15) is 58.3 Å². The molecular formula is C26H28O14. The highest BCUT2D eigenvalue weighted by Crippen LogP contribution is 2.18. The lowest BCUT2D eigenvalue weighted by Crippen LogP contribution is -2.48. The second-order valence-corrected chi connectivity index (χ2v) is 8.05. The van der Waals surface area contributed by atoms with Crippen LogP contribution in [0.25, 0.3) is 0 Å². The van der Waals surface area contributed by atoms with Gasteiger partial charge in [0.15, 0.2) is 0 Å². The number of carbonyl (C=O) groups is 7.